The van der Waals surface area contributed by atoms with Gasteiger partial charge in [0.15, 0.2) is 0 Å². The van der Waals surface area contributed by atoms with E-state index >= 15 is 0 Å². The smallest absolute Gasteiger partial charge is 0.132 e. The minimum Gasteiger partial charge on any atom is -0.158 e. The van der Waals surface area contributed by atoms with Crippen LogP contribution in [0, 0.1) is 0 Å². The molecule has 1 aromatic rings. The Bertz CT molecular complexity index is 260. The normalized spacial score (nSPS) is 15.3. The third-order valence-electron chi connectivity index (χ3n) is 1.87. The SMILES string of the molecule is Brc1nncc2c1CCC2. The zero-order valence-corrected chi connectivity index (χ0v) is 7.06. The molecule has 0 amide bonds. The number of nitrogens with zero attached hydrogens (tertiary/aromatic N) is 2. The van der Waals surface area contributed by atoms with Crippen LogP contribution in [0.25, 0.3) is 0 Å². The van der Waals surface area contributed by atoms with Crippen LogP contribution in [-0.4, -0.2) is 10.2 Å². The Kier molecular flexibility index (Phi) is 1.45. The van der Waals surface area contributed by atoms with Gasteiger partial charge in [0.25, 0.3) is 0 Å². The molecule has 52 valence electrons. The molecular formula is C7H7BrN2. The third kappa shape index (κ3) is 0.850. The number of aromatic nitrogens is 2. The van der Waals surface area contributed by atoms with Crippen molar-refractivity contribution < 1.29 is 0 Å². The minimum absolute atomic E-state index is 0.933. The van der Waals surface area contributed by atoms with Gasteiger partial charge in [0.2, 0.25) is 0 Å². The van der Waals surface area contributed by atoms with Crippen LogP contribution in [0.5, 0.6) is 0 Å². The lowest BCUT2D eigenvalue weighted by Crippen LogP contribution is -1.90. The fraction of sp³-hybridized carbons (Fsp3) is 0.429. The molecule has 0 saturated carbocycles. The van der Waals surface area contributed by atoms with E-state index in [-0.39, 0.29) is 0 Å². The van der Waals surface area contributed by atoms with Gasteiger partial charge in [-0.15, -0.1) is 5.10 Å². The lowest BCUT2D eigenvalue weighted by Gasteiger charge is -1.96. The highest BCUT2D eigenvalue weighted by Gasteiger charge is 2.13. The summed E-state index contributed by atoms with van der Waals surface area (Å²) >= 11 is 3.37. The van der Waals surface area contributed by atoms with Gasteiger partial charge in [-0.1, -0.05) is 0 Å². The standard InChI is InChI=1S/C7H7BrN2/c8-7-6-3-1-2-5(6)4-9-10-7/h4H,1-3H2. The van der Waals surface area contributed by atoms with E-state index in [9.17, 15) is 0 Å². The molecule has 3 heteroatoms. The zero-order valence-electron chi connectivity index (χ0n) is 5.47. The van der Waals surface area contributed by atoms with Crippen molar-refractivity contribution in [1.29, 1.82) is 0 Å². The van der Waals surface area contributed by atoms with E-state index in [4.69, 9.17) is 0 Å². The van der Waals surface area contributed by atoms with Crippen LogP contribution in [-0.2, 0) is 12.8 Å². The van der Waals surface area contributed by atoms with E-state index in [1.807, 2.05) is 6.20 Å². The van der Waals surface area contributed by atoms with E-state index in [2.05, 4.69) is 26.1 Å². The second kappa shape index (κ2) is 2.31. The lowest BCUT2D eigenvalue weighted by atomic mass is 10.2. The Morgan fingerprint density at radius 2 is 2.30 bits per heavy atom. The maximum atomic E-state index is 3.92. The van der Waals surface area contributed by atoms with E-state index in [1.165, 1.54) is 24.0 Å². The molecule has 10 heavy (non-hydrogen) atoms. The van der Waals surface area contributed by atoms with E-state index < -0.39 is 0 Å². The van der Waals surface area contributed by atoms with Crippen molar-refractivity contribution in [3.05, 3.63) is 21.9 Å². The van der Waals surface area contributed by atoms with Crippen LogP contribution in [0.3, 0.4) is 0 Å². The Morgan fingerprint density at radius 1 is 1.40 bits per heavy atom. The van der Waals surface area contributed by atoms with Crippen LogP contribution in [0.15, 0.2) is 10.8 Å². The van der Waals surface area contributed by atoms with Gasteiger partial charge in [0.1, 0.15) is 4.60 Å². The average molecular weight is 199 g/mol. The van der Waals surface area contributed by atoms with Gasteiger partial charge in [0.05, 0.1) is 6.20 Å². The topological polar surface area (TPSA) is 25.8 Å². The third-order valence-corrected chi connectivity index (χ3v) is 2.51. The molecular weight excluding hydrogens is 192 g/mol. The fourth-order valence-electron chi connectivity index (χ4n) is 1.35. The first-order chi connectivity index (χ1) is 4.88. The molecule has 0 aliphatic heterocycles. The quantitative estimate of drug-likeness (QED) is 0.635. The largest absolute Gasteiger partial charge is 0.158 e. The van der Waals surface area contributed by atoms with E-state index in [0.717, 1.165) is 11.0 Å². The molecule has 2 nitrogen and oxygen atoms in total. The summed E-state index contributed by atoms with van der Waals surface area (Å²) in [5, 5.41) is 7.78. The monoisotopic (exact) mass is 198 g/mol. The summed E-state index contributed by atoms with van der Waals surface area (Å²) in [7, 11) is 0. The molecule has 0 fully saturated rings. The molecule has 0 saturated heterocycles. The van der Waals surface area contributed by atoms with Gasteiger partial charge < -0.3 is 0 Å². The van der Waals surface area contributed by atoms with Gasteiger partial charge in [-0.05, 0) is 46.3 Å². The lowest BCUT2D eigenvalue weighted by molar-refractivity contribution is 0.909. The highest BCUT2D eigenvalue weighted by molar-refractivity contribution is 9.10. The Morgan fingerprint density at radius 3 is 3.10 bits per heavy atom. The van der Waals surface area contributed by atoms with Crippen molar-refractivity contribution in [3.8, 4) is 0 Å². The molecule has 1 aromatic heterocycles. The second-order valence-electron chi connectivity index (χ2n) is 2.49. The first-order valence-corrected chi connectivity index (χ1v) is 4.16. The molecule has 0 bridgehead atoms. The molecule has 0 aromatic carbocycles. The van der Waals surface area contributed by atoms with Crippen molar-refractivity contribution in [1.82, 2.24) is 10.2 Å². The van der Waals surface area contributed by atoms with Crippen LogP contribution in [0.2, 0.25) is 0 Å². The number of halogens is 1. The molecule has 0 spiro atoms. The molecule has 0 atom stereocenters. The van der Waals surface area contributed by atoms with Crippen molar-refractivity contribution in [2.45, 2.75) is 19.3 Å². The zero-order chi connectivity index (χ0) is 6.97. The van der Waals surface area contributed by atoms with Gasteiger partial charge >= 0.3 is 0 Å². The summed E-state index contributed by atoms with van der Waals surface area (Å²) in [5.41, 5.74) is 2.72. The Labute approximate surface area is 67.8 Å². The maximum Gasteiger partial charge on any atom is 0.132 e. The van der Waals surface area contributed by atoms with E-state index in [0.29, 0.717) is 0 Å². The van der Waals surface area contributed by atoms with Crippen molar-refractivity contribution >= 4 is 15.9 Å². The molecule has 1 aliphatic rings. The van der Waals surface area contributed by atoms with Crippen LogP contribution in [0.1, 0.15) is 17.5 Å². The van der Waals surface area contributed by atoms with Gasteiger partial charge in [-0.3, -0.25) is 0 Å². The Balaban J connectivity index is 2.59. The average Bonchev–Trinajstić information content (AvgIpc) is 2.36. The first-order valence-electron chi connectivity index (χ1n) is 3.37. The van der Waals surface area contributed by atoms with Crippen LogP contribution >= 0.6 is 15.9 Å². The molecule has 0 radical (unpaired) electrons. The molecule has 2 rings (SSSR count). The second-order valence-corrected chi connectivity index (χ2v) is 3.24. The number of hydrogen-bond acceptors (Lipinski definition) is 2. The number of fused-ring (bicyclic) bond motifs is 1. The van der Waals surface area contributed by atoms with Gasteiger partial charge in [-0.2, -0.15) is 5.10 Å². The minimum atomic E-state index is 0.933. The summed E-state index contributed by atoms with van der Waals surface area (Å²) in [4.78, 5) is 0. The highest BCUT2D eigenvalue weighted by Crippen LogP contribution is 2.25. The number of rotatable bonds is 0. The Hall–Kier alpha value is -0.440. The summed E-state index contributed by atoms with van der Waals surface area (Å²) < 4.78 is 0.933. The fourth-order valence-corrected chi connectivity index (χ4v) is 1.90. The predicted octanol–water partition coefficient (Wildman–Crippen LogP) is 1.73. The number of hydrogen-bond donors (Lipinski definition) is 0. The van der Waals surface area contributed by atoms with Crippen molar-refractivity contribution in [3.63, 3.8) is 0 Å². The first kappa shape index (κ1) is 6.28. The summed E-state index contributed by atoms with van der Waals surface area (Å²) in [6.07, 6.45) is 5.45. The number of aryl methyl sites for hydroxylation is 1. The maximum absolute atomic E-state index is 3.92. The van der Waals surface area contributed by atoms with Gasteiger partial charge in [-0.25, -0.2) is 0 Å². The predicted molar refractivity (Wildman–Crippen MR) is 41.8 cm³/mol. The summed E-state index contributed by atoms with van der Waals surface area (Å²) in [6, 6.07) is 0. The molecule has 0 unspecified atom stereocenters. The van der Waals surface area contributed by atoms with Crippen LogP contribution < -0.4 is 0 Å². The molecule has 1 aliphatic carbocycles. The highest BCUT2D eigenvalue weighted by atomic mass is 79.9. The molecule has 1 heterocycles. The molecule has 0 N–H and O–H groups in total. The van der Waals surface area contributed by atoms with Gasteiger partial charge in [0, 0.05) is 0 Å². The van der Waals surface area contributed by atoms with Crippen LogP contribution in [0.4, 0.5) is 0 Å². The summed E-state index contributed by atoms with van der Waals surface area (Å²) in [6.45, 7) is 0. The van der Waals surface area contributed by atoms with Crippen molar-refractivity contribution in [2.24, 2.45) is 0 Å². The van der Waals surface area contributed by atoms with E-state index in [1.54, 1.807) is 0 Å². The van der Waals surface area contributed by atoms with Crippen molar-refractivity contribution in [2.75, 3.05) is 0 Å². The summed E-state index contributed by atoms with van der Waals surface area (Å²) in [5.74, 6) is 0.